The van der Waals surface area contributed by atoms with E-state index >= 15 is 0 Å². The summed E-state index contributed by atoms with van der Waals surface area (Å²) in [5.41, 5.74) is 2.60. The molecule has 2 aromatic carbocycles. The molecular formula is C25H29F3. The van der Waals surface area contributed by atoms with Crippen LogP contribution in [0.1, 0.15) is 74.1 Å². The van der Waals surface area contributed by atoms with E-state index in [1.165, 1.54) is 0 Å². The average molecular weight is 387 g/mol. The van der Waals surface area contributed by atoms with Gasteiger partial charge in [0.05, 0.1) is 0 Å². The molecule has 0 atom stereocenters. The van der Waals surface area contributed by atoms with E-state index in [2.05, 4.69) is 6.07 Å². The minimum absolute atomic E-state index is 0.106. The van der Waals surface area contributed by atoms with E-state index in [9.17, 15) is 13.2 Å². The van der Waals surface area contributed by atoms with Crippen LogP contribution >= 0.6 is 0 Å². The number of benzene rings is 2. The fourth-order valence-electron chi connectivity index (χ4n) is 4.18. The van der Waals surface area contributed by atoms with Crippen molar-refractivity contribution in [1.82, 2.24) is 0 Å². The molecule has 28 heavy (non-hydrogen) atoms. The number of rotatable bonds is 6. The molecule has 0 bridgehead atoms. The predicted molar refractivity (Wildman–Crippen MR) is 110 cm³/mol. The van der Waals surface area contributed by atoms with Crippen LogP contribution in [-0.4, -0.2) is 0 Å². The topological polar surface area (TPSA) is 0 Å². The van der Waals surface area contributed by atoms with Crippen molar-refractivity contribution in [3.05, 3.63) is 76.1 Å². The van der Waals surface area contributed by atoms with Gasteiger partial charge in [-0.05, 0) is 73.1 Å². The highest BCUT2D eigenvalue weighted by molar-refractivity contribution is 5.51. The molecule has 0 aromatic heterocycles. The summed E-state index contributed by atoms with van der Waals surface area (Å²) in [6.07, 6.45) is 9.73. The predicted octanol–water partition coefficient (Wildman–Crippen LogP) is 7.61. The van der Waals surface area contributed by atoms with Gasteiger partial charge in [0.15, 0.2) is 11.6 Å². The first-order valence-corrected chi connectivity index (χ1v) is 10.5. The molecule has 0 saturated heterocycles. The number of hydrogen-bond donors (Lipinski definition) is 0. The number of halogens is 3. The summed E-state index contributed by atoms with van der Waals surface area (Å²) >= 11 is 0. The van der Waals surface area contributed by atoms with Gasteiger partial charge in [0, 0.05) is 5.56 Å². The van der Waals surface area contributed by atoms with Gasteiger partial charge in [-0.3, -0.25) is 0 Å². The Labute approximate surface area is 166 Å². The van der Waals surface area contributed by atoms with E-state index in [1.54, 1.807) is 24.3 Å². The second kappa shape index (κ2) is 9.45. The lowest BCUT2D eigenvalue weighted by Crippen LogP contribution is -2.12. The molecule has 0 nitrogen and oxygen atoms in total. The molecule has 1 saturated carbocycles. The molecule has 0 aliphatic heterocycles. The van der Waals surface area contributed by atoms with Crippen LogP contribution in [0.3, 0.4) is 0 Å². The molecule has 3 heteroatoms. The summed E-state index contributed by atoms with van der Waals surface area (Å²) < 4.78 is 42.4. The van der Waals surface area contributed by atoms with Crippen molar-refractivity contribution >= 4 is 6.08 Å². The third kappa shape index (κ3) is 4.68. The molecule has 1 fully saturated rings. The van der Waals surface area contributed by atoms with Crippen molar-refractivity contribution in [2.45, 2.75) is 64.7 Å². The van der Waals surface area contributed by atoms with Crippen LogP contribution in [-0.2, 0) is 12.8 Å². The van der Waals surface area contributed by atoms with Crippen LogP contribution in [0.5, 0.6) is 0 Å². The average Bonchev–Trinajstić information content (AvgIpc) is 2.71. The number of aryl methyl sites for hydroxylation is 2. The zero-order valence-corrected chi connectivity index (χ0v) is 16.8. The quantitative estimate of drug-likeness (QED) is 0.479. The first kappa shape index (κ1) is 20.7. The van der Waals surface area contributed by atoms with Gasteiger partial charge in [-0.1, -0.05) is 56.7 Å². The summed E-state index contributed by atoms with van der Waals surface area (Å²) in [6.45, 7) is 3.91. The Balaban J connectivity index is 1.61. The Hall–Kier alpha value is -2.03. The highest BCUT2D eigenvalue weighted by atomic mass is 19.2. The van der Waals surface area contributed by atoms with Crippen LogP contribution in [0.2, 0.25) is 0 Å². The lowest BCUT2D eigenvalue weighted by Gasteiger charge is -2.27. The third-order valence-electron chi connectivity index (χ3n) is 5.96. The Kier molecular flexibility index (Phi) is 6.98. The van der Waals surface area contributed by atoms with Crippen LogP contribution < -0.4 is 0 Å². The van der Waals surface area contributed by atoms with Crippen LogP contribution in [0.25, 0.3) is 6.08 Å². The second-order valence-electron chi connectivity index (χ2n) is 7.87. The monoisotopic (exact) mass is 386 g/mol. The van der Waals surface area contributed by atoms with Gasteiger partial charge in [0.1, 0.15) is 5.82 Å². The van der Waals surface area contributed by atoms with Gasteiger partial charge in [-0.15, -0.1) is 0 Å². The third-order valence-corrected chi connectivity index (χ3v) is 5.96. The normalized spacial score (nSPS) is 20.0. The van der Waals surface area contributed by atoms with Crippen LogP contribution in [0, 0.1) is 23.4 Å². The van der Waals surface area contributed by atoms with E-state index in [1.807, 2.05) is 26.0 Å². The minimum Gasteiger partial charge on any atom is -0.207 e. The first-order valence-electron chi connectivity index (χ1n) is 10.5. The second-order valence-corrected chi connectivity index (χ2v) is 7.87. The minimum atomic E-state index is -0.748. The number of hydrogen-bond acceptors (Lipinski definition) is 0. The summed E-state index contributed by atoms with van der Waals surface area (Å²) in [5, 5.41) is 0. The molecule has 0 radical (unpaired) electrons. The molecule has 0 spiro atoms. The molecule has 3 rings (SSSR count). The van der Waals surface area contributed by atoms with Crippen molar-refractivity contribution in [3.8, 4) is 0 Å². The van der Waals surface area contributed by atoms with Gasteiger partial charge >= 0.3 is 0 Å². The summed E-state index contributed by atoms with van der Waals surface area (Å²) in [4.78, 5) is 0. The Morgan fingerprint density at radius 1 is 0.893 bits per heavy atom. The van der Waals surface area contributed by atoms with Crippen molar-refractivity contribution in [2.24, 2.45) is 5.92 Å². The zero-order valence-electron chi connectivity index (χ0n) is 16.8. The van der Waals surface area contributed by atoms with Gasteiger partial charge in [0.25, 0.3) is 0 Å². The molecule has 0 N–H and O–H groups in total. The molecule has 0 amide bonds. The van der Waals surface area contributed by atoms with Crippen molar-refractivity contribution in [3.63, 3.8) is 0 Å². The fourth-order valence-corrected chi connectivity index (χ4v) is 4.18. The standard InChI is InChI=1S/C25H29F3/c1-3-5-20-13-14-21(25(28)24(20)27)11-8-17-6-9-19(10-7-17)22-15-12-18(4-2)23(26)16-22/h8,11-17,19H,3-7,9-10H2,1-2H3. The lowest BCUT2D eigenvalue weighted by atomic mass is 9.78. The van der Waals surface area contributed by atoms with Crippen LogP contribution in [0.15, 0.2) is 36.4 Å². The largest absolute Gasteiger partial charge is 0.207 e. The maximum absolute atomic E-state index is 14.3. The smallest absolute Gasteiger partial charge is 0.166 e. The van der Waals surface area contributed by atoms with Crippen molar-refractivity contribution in [2.75, 3.05) is 0 Å². The molecular weight excluding hydrogens is 357 g/mol. The molecule has 0 unspecified atom stereocenters. The molecule has 2 aromatic rings. The van der Waals surface area contributed by atoms with Gasteiger partial charge in [-0.25, -0.2) is 13.2 Å². The molecule has 150 valence electrons. The molecule has 1 aliphatic carbocycles. The Morgan fingerprint density at radius 3 is 2.25 bits per heavy atom. The summed E-state index contributed by atoms with van der Waals surface area (Å²) in [6, 6.07) is 9.00. The molecule has 1 aliphatic rings. The number of allylic oxidation sites excluding steroid dienone is 1. The lowest BCUT2D eigenvalue weighted by molar-refractivity contribution is 0.376. The summed E-state index contributed by atoms with van der Waals surface area (Å²) in [7, 11) is 0. The highest BCUT2D eigenvalue weighted by Crippen LogP contribution is 2.37. The van der Waals surface area contributed by atoms with Gasteiger partial charge < -0.3 is 0 Å². The zero-order chi connectivity index (χ0) is 20.1. The first-order chi connectivity index (χ1) is 13.5. The van der Waals surface area contributed by atoms with Crippen molar-refractivity contribution in [1.29, 1.82) is 0 Å². The van der Waals surface area contributed by atoms with Crippen LogP contribution in [0.4, 0.5) is 13.2 Å². The van der Waals surface area contributed by atoms with Gasteiger partial charge in [0.2, 0.25) is 0 Å². The van der Waals surface area contributed by atoms with E-state index in [0.29, 0.717) is 35.8 Å². The maximum atomic E-state index is 14.3. The van der Waals surface area contributed by atoms with E-state index < -0.39 is 11.6 Å². The van der Waals surface area contributed by atoms with Gasteiger partial charge in [-0.2, -0.15) is 0 Å². The fraction of sp³-hybridized carbons (Fsp3) is 0.440. The molecule has 0 heterocycles. The van der Waals surface area contributed by atoms with E-state index in [0.717, 1.165) is 43.2 Å². The maximum Gasteiger partial charge on any atom is 0.166 e. The Bertz CT molecular complexity index is 830. The van der Waals surface area contributed by atoms with E-state index in [4.69, 9.17) is 0 Å². The highest BCUT2D eigenvalue weighted by Gasteiger charge is 2.22. The van der Waals surface area contributed by atoms with E-state index in [-0.39, 0.29) is 5.82 Å². The van der Waals surface area contributed by atoms with Crippen molar-refractivity contribution < 1.29 is 13.2 Å². The summed E-state index contributed by atoms with van der Waals surface area (Å²) in [5.74, 6) is -0.833. The Morgan fingerprint density at radius 2 is 1.61 bits per heavy atom. The SMILES string of the molecule is CCCc1ccc(C=CC2CCC(c3ccc(CC)c(F)c3)CC2)c(F)c1F.